The summed E-state index contributed by atoms with van der Waals surface area (Å²) in [7, 11) is 0. The van der Waals surface area contributed by atoms with Gasteiger partial charge in [-0.3, -0.25) is 14.4 Å². The summed E-state index contributed by atoms with van der Waals surface area (Å²) in [5.41, 5.74) is 0. The third-order valence-electron chi connectivity index (χ3n) is 9.83. The highest BCUT2D eigenvalue weighted by molar-refractivity contribution is 5.71. The molecule has 0 radical (unpaired) electrons. The number of esters is 3. The summed E-state index contributed by atoms with van der Waals surface area (Å²) in [6, 6.07) is 0. The van der Waals surface area contributed by atoms with Gasteiger partial charge in [0.1, 0.15) is 13.2 Å². The highest BCUT2D eigenvalue weighted by Crippen LogP contribution is 2.17. The number of carbonyl (C=O) groups is 3. The van der Waals surface area contributed by atoms with Crippen LogP contribution in [-0.2, 0) is 28.6 Å². The van der Waals surface area contributed by atoms with Gasteiger partial charge in [0.25, 0.3) is 0 Å². The maximum atomic E-state index is 12.6. The molecule has 0 rings (SSSR count). The van der Waals surface area contributed by atoms with Crippen LogP contribution in [0.15, 0.2) is 0 Å². The molecule has 0 aliphatic carbocycles. The van der Waals surface area contributed by atoms with Crippen LogP contribution >= 0.6 is 0 Å². The smallest absolute Gasteiger partial charge is 0.306 e. The van der Waals surface area contributed by atoms with E-state index in [1.54, 1.807) is 0 Å². The second-order valence-electron chi connectivity index (χ2n) is 15.3. The van der Waals surface area contributed by atoms with Crippen LogP contribution in [0.2, 0.25) is 0 Å². The van der Waals surface area contributed by atoms with Crippen molar-refractivity contribution >= 4 is 17.9 Å². The minimum Gasteiger partial charge on any atom is -0.462 e. The van der Waals surface area contributed by atoms with Gasteiger partial charge in [-0.15, -0.1) is 0 Å². The molecule has 0 spiro atoms. The Bertz CT molecular complexity index is 751. The van der Waals surface area contributed by atoms with E-state index in [1.807, 2.05) is 0 Å². The molecule has 49 heavy (non-hydrogen) atoms. The molecule has 0 saturated heterocycles. The van der Waals surface area contributed by atoms with Crippen LogP contribution in [-0.4, -0.2) is 37.2 Å². The van der Waals surface area contributed by atoms with Gasteiger partial charge >= 0.3 is 17.9 Å². The fourth-order valence-electron chi connectivity index (χ4n) is 6.19. The molecule has 0 aromatic heterocycles. The molecule has 0 aliphatic heterocycles. The first kappa shape index (κ1) is 47.4. The first-order chi connectivity index (χ1) is 23.8. The molecule has 2 atom stereocenters. The molecule has 0 bridgehead atoms. The summed E-state index contributed by atoms with van der Waals surface area (Å²) < 4.78 is 16.6. The van der Waals surface area contributed by atoms with Crippen molar-refractivity contribution in [2.24, 2.45) is 11.8 Å². The zero-order chi connectivity index (χ0) is 36.2. The third-order valence-corrected chi connectivity index (χ3v) is 9.83. The van der Waals surface area contributed by atoms with Gasteiger partial charge in [0.2, 0.25) is 0 Å². The molecule has 0 aromatic carbocycles. The van der Waals surface area contributed by atoms with Crippen LogP contribution in [0.4, 0.5) is 0 Å². The number of unbranched alkanes of at least 4 members (excludes halogenated alkanes) is 21. The molecule has 1 unspecified atom stereocenters. The minimum atomic E-state index is -0.758. The van der Waals surface area contributed by atoms with E-state index in [0.29, 0.717) is 19.3 Å². The van der Waals surface area contributed by atoms with Gasteiger partial charge in [-0.2, -0.15) is 0 Å². The molecule has 0 aromatic rings. The Kier molecular flexibility index (Phi) is 35.0. The lowest BCUT2D eigenvalue weighted by Gasteiger charge is -2.18. The summed E-state index contributed by atoms with van der Waals surface area (Å²) in [6.07, 6.45) is 32.4. The second kappa shape index (κ2) is 36.2. The van der Waals surface area contributed by atoms with Crippen molar-refractivity contribution in [2.45, 2.75) is 233 Å². The molecule has 0 fully saturated rings. The summed E-state index contributed by atoms with van der Waals surface area (Å²) in [5, 5.41) is 0. The molecular formula is C43H82O6. The SMILES string of the molecule is CCCCCCCCCC(=O)O[C@H](COC(=O)CCCCCCCCCCCCC(C)CC)COC(=O)CCCCCCCCCC(C)C. The summed E-state index contributed by atoms with van der Waals surface area (Å²) >= 11 is 0. The fraction of sp³-hybridized carbons (Fsp3) is 0.930. The normalized spacial score (nSPS) is 12.6. The lowest BCUT2D eigenvalue weighted by molar-refractivity contribution is -0.167. The van der Waals surface area contributed by atoms with Crippen LogP contribution in [0.3, 0.4) is 0 Å². The molecule has 0 amide bonds. The lowest BCUT2D eigenvalue weighted by Crippen LogP contribution is -2.30. The van der Waals surface area contributed by atoms with Gasteiger partial charge in [-0.05, 0) is 31.1 Å². The maximum Gasteiger partial charge on any atom is 0.306 e. The van der Waals surface area contributed by atoms with Crippen LogP contribution in [0.25, 0.3) is 0 Å². The van der Waals surface area contributed by atoms with Crippen molar-refractivity contribution in [3.63, 3.8) is 0 Å². The van der Waals surface area contributed by atoms with Crippen LogP contribution in [0.1, 0.15) is 227 Å². The van der Waals surface area contributed by atoms with Gasteiger partial charge in [0, 0.05) is 19.3 Å². The van der Waals surface area contributed by atoms with Crippen LogP contribution in [0.5, 0.6) is 0 Å². The predicted octanol–water partition coefficient (Wildman–Crippen LogP) is 13.0. The Morgan fingerprint density at radius 1 is 0.429 bits per heavy atom. The van der Waals surface area contributed by atoms with Crippen molar-refractivity contribution in [3.05, 3.63) is 0 Å². The average Bonchev–Trinajstić information content (AvgIpc) is 3.08. The van der Waals surface area contributed by atoms with E-state index in [9.17, 15) is 14.4 Å². The van der Waals surface area contributed by atoms with Crippen molar-refractivity contribution in [3.8, 4) is 0 Å². The Morgan fingerprint density at radius 2 is 0.776 bits per heavy atom. The number of hydrogen-bond donors (Lipinski definition) is 0. The Morgan fingerprint density at radius 3 is 1.16 bits per heavy atom. The Hall–Kier alpha value is -1.59. The number of rotatable bonds is 37. The largest absolute Gasteiger partial charge is 0.462 e. The quantitative estimate of drug-likeness (QED) is 0.0366. The van der Waals surface area contributed by atoms with E-state index < -0.39 is 6.10 Å². The van der Waals surface area contributed by atoms with Crippen LogP contribution < -0.4 is 0 Å². The maximum absolute atomic E-state index is 12.6. The van der Waals surface area contributed by atoms with E-state index in [4.69, 9.17) is 14.2 Å². The summed E-state index contributed by atoms with van der Waals surface area (Å²) in [4.78, 5) is 37.4. The molecule has 6 nitrogen and oxygen atoms in total. The minimum absolute atomic E-state index is 0.0664. The standard InChI is InChI=1S/C43H82O6/c1-6-8-9-10-16-25-30-35-43(46)49-40(37-48-42(45)34-29-24-20-15-17-21-26-31-38(3)4)36-47-41(44)33-28-23-19-14-12-11-13-18-22-27-32-39(5)7-2/h38-40H,6-37H2,1-5H3/t39?,40-/m1/s1. The summed E-state index contributed by atoms with van der Waals surface area (Å²) in [6.45, 7) is 11.3. The van der Waals surface area contributed by atoms with Crippen molar-refractivity contribution in [1.82, 2.24) is 0 Å². The van der Waals surface area contributed by atoms with Crippen molar-refractivity contribution in [2.75, 3.05) is 13.2 Å². The average molecular weight is 695 g/mol. The second-order valence-corrected chi connectivity index (χ2v) is 15.3. The van der Waals surface area contributed by atoms with Crippen LogP contribution in [0, 0.1) is 11.8 Å². The topological polar surface area (TPSA) is 78.9 Å². The Balaban J connectivity index is 4.27. The number of carbonyl (C=O) groups excluding carboxylic acids is 3. The molecule has 290 valence electrons. The highest BCUT2D eigenvalue weighted by atomic mass is 16.6. The zero-order valence-electron chi connectivity index (χ0n) is 33.3. The van der Waals surface area contributed by atoms with Gasteiger partial charge in [-0.1, -0.05) is 189 Å². The van der Waals surface area contributed by atoms with Gasteiger partial charge in [-0.25, -0.2) is 0 Å². The molecule has 0 N–H and O–H groups in total. The highest BCUT2D eigenvalue weighted by Gasteiger charge is 2.19. The van der Waals surface area contributed by atoms with E-state index in [-0.39, 0.29) is 31.1 Å². The fourth-order valence-corrected chi connectivity index (χ4v) is 6.19. The van der Waals surface area contributed by atoms with E-state index >= 15 is 0 Å². The zero-order valence-corrected chi connectivity index (χ0v) is 33.3. The number of ether oxygens (including phenoxy) is 3. The molecule has 6 heteroatoms. The van der Waals surface area contributed by atoms with Gasteiger partial charge < -0.3 is 14.2 Å². The first-order valence-corrected chi connectivity index (χ1v) is 21.3. The molecular weight excluding hydrogens is 612 g/mol. The molecule has 0 heterocycles. The van der Waals surface area contributed by atoms with Gasteiger partial charge in [0.05, 0.1) is 0 Å². The molecule has 0 saturated carbocycles. The van der Waals surface area contributed by atoms with E-state index in [2.05, 4.69) is 34.6 Å². The number of hydrogen-bond acceptors (Lipinski definition) is 6. The third kappa shape index (κ3) is 36.0. The van der Waals surface area contributed by atoms with E-state index in [1.165, 1.54) is 116 Å². The molecule has 0 aliphatic rings. The Labute approximate surface area is 304 Å². The monoisotopic (exact) mass is 695 g/mol. The van der Waals surface area contributed by atoms with Gasteiger partial charge in [0.15, 0.2) is 6.10 Å². The summed E-state index contributed by atoms with van der Waals surface area (Å²) in [5.74, 6) is 0.780. The predicted molar refractivity (Wildman–Crippen MR) is 206 cm³/mol. The lowest BCUT2D eigenvalue weighted by atomic mass is 9.99. The van der Waals surface area contributed by atoms with Crippen molar-refractivity contribution in [1.29, 1.82) is 0 Å². The first-order valence-electron chi connectivity index (χ1n) is 21.3. The van der Waals surface area contributed by atoms with Crippen molar-refractivity contribution < 1.29 is 28.6 Å². The van der Waals surface area contributed by atoms with E-state index in [0.717, 1.165) is 69.6 Å².